The molecule has 0 N–H and O–H groups in total. The van der Waals surface area contributed by atoms with Gasteiger partial charge in [-0.2, -0.15) is 10.2 Å². The molecule has 2 rings (SSSR count). The monoisotopic (exact) mass is 212 g/mol. The Bertz CT molecular complexity index is 500. The SMILES string of the molecule is CC(=O)c1ccc(-c2ccc(C)nn2)cc1. The van der Waals surface area contributed by atoms with Crippen LogP contribution in [0.1, 0.15) is 23.0 Å². The Morgan fingerprint density at radius 1 is 1.00 bits per heavy atom. The summed E-state index contributed by atoms with van der Waals surface area (Å²) in [5.74, 6) is 0.0709. The van der Waals surface area contributed by atoms with Crippen LogP contribution >= 0.6 is 0 Å². The Kier molecular flexibility index (Phi) is 2.77. The summed E-state index contributed by atoms with van der Waals surface area (Å²) in [4.78, 5) is 11.1. The van der Waals surface area contributed by atoms with Gasteiger partial charge in [0, 0.05) is 11.1 Å². The molecule has 1 heterocycles. The van der Waals surface area contributed by atoms with Gasteiger partial charge in [0.2, 0.25) is 0 Å². The van der Waals surface area contributed by atoms with Gasteiger partial charge in [0.05, 0.1) is 11.4 Å². The Morgan fingerprint density at radius 2 is 1.69 bits per heavy atom. The van der Waals surface area contributed by atoms with Gasteiger partial charge in [-0.1, -0.05) is 24.3 Å². The number of nitrogens with zero attached hydrogens (tertiary/aromatic N) is 2. The molecule has 1 aromatic heterocycles. The van der Waals surface area contributed by atoms with Crippen molar-refractivity contribution in [3.8, 4) is 11.3 Å². The number of aryl methyl sites for hydroxylation is 1. The summed E-state index contributed by atoms with van der Waals surface area (Å²) in [5, 5.41) is 8.08. The zero-order chi connectivity index (χ0) is 11.5. The molecular weight excluding hydrogens is 200 g/mol. The van der Waals surface area contributed by atoms with E-state index in [0.29, 0.717) is 5.56 Å². The number of benzene rings is 1. The van der Waals surface area contributed by atoms with Gasteiger partial charge in [0.15, 0.2) is 5.78 Å². The van der Waals surface area contributed by atoms with Crippen molar-refractivity contribution in [2.24, 2.45) is 0 Å². The zero-order valence-electron chi connectivity index (χ0n) is 9.27. The van der Waals surface area contributed by atoms with E-state index in [1.807, 2.05) is 31.2 Å². The topological polar surface area (TPSA) is 42.9 Å². The fraction of sp³-hybridized carbons (Fsp3) is 0.154. The second kappa shape index (κ2) is 4.23. The quantitative estimate of drug-likeness (QED) is 0.719. The van der Waals surface area contributed by atoms with Crippen molar-refractivity contribution in [2.45, 2.75) is 13.8 Å². The highest BCUT2D eigenvalue weighted by atomic mass is 16.1. The van der Waals surface area contributed by atoms with Crippen molar-refractivity contribution in [3.05, 3.63) is 47.7 Å². The number of hydrogen-bond acceptors (Lipinski definition) is 3. The Balaban J connectivity index is 2.34. The van der Waals surface area contributed by atoms with Gasteiger partial charge < -0.3 is 0 Å². The number of hydrogen-bond donors (Lipinski definition) is 0. The molecule has 0 saturated carbocycles. The lowest BCUT2D eigenvalue weighted by molar-refractivity contribution is 0.101. The second-order valence-corrected chi connectivity index (χ2v) is 3.69. The first-order valence-electron chi connectivity index (χ1n) is 5.08. The molecule has 0 atom stereocenters. The highest BCUT2D eigenvalue weighted by Crippen LogP contribution is 2.16. The molecule has 3 nitrogen and oxygen atoms in total. The van der Waals surface area contributed by atoms with Crippen molar-refractivity contribution in [1.82, 2.24) is 10.2 Å². The molecule has 0 fully saturated rings. The maximum absolute atomic E-state index is 11.1. The molecule has 0 radical (unpaired) electrons. The average Bonchev–Trinajstić information content (AvgIpc) is 2.30. The minimum absolute atomic E-state index is 0.0709. The highest BCUT2D eigenvalue weighted by molar-refractivity contribution is 5.94. The van der Waals surface area contributed by atoms with E-state index < -0.39 is 0 Å². The third-order valence-corrected chi connectivity index (χ3v) is 2.39. The molecule has 3 heteroatoms. The fourth-order valence-corrected chi connectivity index (χ4v) is 1.43. The zero-order valence-corrected chi connectivity index (χ0v) is 9.27. The van der Waals surface area contributed by atoms with E-state index in [1.54, 1.807) is 19.1 Å². The van der Waals surface area contributed by atoms with Crippen LogP contribution in [0, 0.1) is 6.92 Å². The maximum Gasteiger partial charge on any atom is 0.159 e. The maximum atomic E-state index is 11.1. The van der Waals surface area contributed by atoms with Crippen molar-refractivity contribution in [1.29, 1.82) is 0 Å². The van der Waals surface area contributed by atoms with Crippen LogP contribution in [0.4, 0.5) is 0 Å². The summed E-state index contributed by atoms with van der Waals surface area (Å²) in [7, 11) is 0. The van der Waals surface area contributed by atoms with Crippen LogP contribution in [0.25, 0.3) is 11.3 Å². The number of carbonyl (C=O) groups is 1. The summed E-state index contributed by atoms with van der Waals surface area (Å²) in [5.41, 5.74) is 3.39. The van der Waals surface area contributed by atoms with Crippen molar-refractivity contribution >= 4 is 5.78 Å². The average molecular weight is 212 g/mol. The lowest BCUT2D eigenvalue weighted by Gasteiger charge is -2.01. The van der Waals surface area contributed by atoms with Crippen LogP contribution in [0.3, 0.4) is 0 Å². The molecule has 16 heavy (non-hydrogen) atoms. The summed E-state index contributed by atoms with van der Waals surface area (Å²) in [6, 6.07) is 11.2. The van der Waals surface area contributed by atoms with Crippen LogP contribution in [-0.2, 0) is 0 Å². The largest absolute Gasteiger partial charge is 0.295 e. The third-order valence-electron chi connectivity index (χ3n) is 2.39. The van der Waals surface area contributed by atoms with Crippen molar-refractivity contribution < 1.29 is 4.79 Å². The van der Waals surface area contributed by atoms with E-state index >= 15 is 0 Å². The molecule has 0 spiro atoms. The molecule has 0 aliphatic rings. The van der Waals surface area contributed by atoms with Crippen LogP contribution in [0.15, 0.2) is 36.4 Å². The molecule has 0 amide bonds. The summed E-state index contributed by atoms with van der Waals surface area (Å²) >= 11 is 0. The first-order chi connectivity index (χ1) is 7.66. The van der Waals surface area contributed by atoms with Gasteiger partial charge in [0.25, 0.3) is 0 Å². The van der Waals surface area contributed by atoms with Gasteiger partial charge in [-0.05, 0) is 26.0 Å². The van der Waals surface area contributed by atoms with Gasteiger partial charge >= 0.3 is 0 Å². The first kappa shape index (κ1) is 10.5. The Hall–Kier alpha value is -2.03. The predicted molar refractivity (Wildman–Crippen MR) is 62.2 cm³/mol. The van der Waals surface area contributed by atoms with Crippen LogP contribution in [-0.4, -0.2) is 16.0 Å². The molecule has 0 aliphatic heterocycles. The van der Waals surface area contributed by atoms with Crippen molar-refractivity contribution in [2.75, 3.05) is 0 Å². The third kappa shape index (κ3) is 2.14. The van der Waals surface area contributed by atoms with Gasteiger partial charge in [-0.25, -0.2) is 0 Å². The molecule has 80 valence electrons. The van der Waals surface area contributed by atoms with E-state index in [9.17, 15) is 4.79 Å². The molecule has 0 unspecified atom stereocenters. The Morgan fingerprint density at radius 3 is 2.19 bits per heavy atom. The number of rotatable bonds is 2. The van der Waals surface area contributed by atoms with Crippen LogP contribution in [0.2, 0.25) is 0 Å². The summed E-state index contributed by atoms with van der Waals surface area (Å²) < 4.78 is 0. The normalized spacial score (nSPS) is 10.1. The molecule has 1 aromatic carbocycles. The molecule has 0 aliphatic carbocycles. The van der Waals surface area contributed by atoms with Crippen molar-refractivity contribution in [3.63, 3.8) is 0 Å². The molecule has 0 saturated heterocycles. The minimum Gasteiger partial charge on any atom is -0.295 e. The van der Waals surface area contributed by atoms with E-state index in [0.717, 1.165) is 17.0 Å². The molecule has 0 bridgehead atoms. The van der Waals surface area contributed by atoms with Crippen LogP contribution in [0.5, 0.6) is 0 Å². The highest BCUT2D eigenvalue weighted by Gasteiger charge is 2.02. The summed E-state index contributed by atoms with van der Waals surface area (Å²) in [6.45, 7) is 3.45. The number of ketones is 1. The summed E-state index contributed by atoms with van der Waals surface area (Å²) in [6.07, 6.45) is 0. The number of aromatic nitrogens is 2. The van der Waals surface area contributed by atoms with E-state index in [1.165, 1.54) is 0 Å². The second-order valence-electron chi connectivity index (χ2n) is 3.69. The molecule has 2 aromatic rings. The minimum atomic E-state index is 0.0709. The predicted octanol–water partition coefficient (Wildman–Crippen LogP) is 2.65. The van der Waals surface area contributed by atoms with E-state index in [-0.39, 0.29) is 5.78 Å². The number of carbonyl (C=O) groups excluding carboxylic acids is 1. The fourth-order valence-electron chi connectivity index (χ4n) is 1.43. The molecular formula is C13H12N2O. The number of Topliss-reactive ketones (excluding diaryl/α,β-unsaturated/α-hetero) is 1. The Labute approximate surface area is 94.2 Å². The van der Waals surface area contributed by atoms with Gasteiger partial charge in [-0.15, -0.1) is 0 Å². The smallest absolute Gasteiger partial charge is 0.159 e. The van der Waals surface area contributed by atoms with Gasteiger partial charge in [-0.3, -0.25) is 4.79 Å². The standard InChI is InChI=1S/C13H12N2O/c1-9-3-8-13(15-14-9)12-6-4-11(5-7-12)10(2)16/h3-8H,1-2H3. The lowest BCUT2D eigenvalue weighted by Crippen LogP contribution is -1.93. The van der Waals surface area contributed by atoms with Crippen LogP contribution < -0.4 is 0 Å². The van der Waals surface area contributed by atoms with E-state index in [4.69, 9.17) is 0 Å². The first-order valence-corrected chi connectivity index (χ1v) is 5.08. The van der Waals surface area contributed by atoms with E-state index in [2.05, 4.69) is 10.2 Å². The van der Waals surface area contributed by atoms with Gasteiger partial charge in [0.1, 0.15) is 0 Å². The lowest BCUT2D eigenvalue weighted by atomic mass is 10.1.